The van der Waals surface area contributed by atoms with E-state index in [0.29, 0.717) is 0 Å². The summed E-state index contributed by atoms with van der Waals surface area (Å²) in [6.07, 6.45) is 0. The molecule has 0 aromatic rings. The van der Waals surface area contributed by atoms with E-state index in [9.17, 15) is 19.2 Å². The fourth-order valence-electron chi connectivity index (χ4n) is 8.24. The second-order valence-corrected chi connectivity index (χ2v) is 8.56. The van der Waals surface area contributed by atoms with E-state index in [1.807, 2.05) is 0 Å². The van der Waals surface area contributed by atoms with Crippen molar-refractivity contribution in [2.75, 3.05) is 20.8 Å². The van der Waals surface area contributed by atoms with Gasteiger partial charge in [0.2, 0.25) is 0 Å². The third-order valence-corrected chi connectivity index (χ3v) is 8.33. The van der Waals surface area contributed by atoms with Crippen molar-refractivity contribution in [1.82, 2.24) is 0 Å². The van der Waals surface area contributed by atoms with Crippen LogP contribution in [0.3, 0.4) is 0 Å². The lowest BCUT2D eigenvalue weighted by Gasteiger charge is -3.01. The van der Waals surface area contributed by atoms with Gasteiger partial charge in [0.1, 0.15) is 12.2 Å². The largest absolute Gasteiger partial charge is 0.469 e. The van der Waals surface area contributed by atoms with Gasteiger partial charge in [-0.3, -0.25) is 19.2 Å². The van der Waals surface area contributed by atoms with Gasteiger partial charge in [-0.25, -0.2) is 0 Å². The van der Waals surface area contributed by atoms with E-state index in [4.69, 9.17) is 18.9 Å². The predicted molar refractivity (Wildman–Crippen MR) is 85.5 cm³/mol. The zero-order chi connectivity index (χ0) is 19.5. The number of ether oxygens (including phenoxy) is 4. The van der Waals surface area contributed by atoms with Gasteiger partial charge in [0.15, 0.2) is 0 Å². The van der Waals surface area contributed by atoms with Crippen molar-refractivity contribution in [1.29, 1.82) is 0 Å². The van der Waals surface area contributed by atoms with Gasteiger partial charge < -0.3 is 18.9 Å². The molecule has 0 saturated heterocycles. The average Bonchev–Trinajstić information content (AvgIpc) is 2.63. The summed E-state index contributed by atoms with van der Waals surface area (Å²) in [6, 6.07) is 0. The van der Waals surface area contributed by atoms with Crippen LogP contribution in [0.25, 0.3) is 0 Å². The van der Waals surface area contributed by atoms with Crippen LogP contribution in [0.5, 0.6) is 0 Å². The van der Waals surface area contributed by atoms with Crippen LogP contribution in [-0.4, -0.2) is 50.3 Å². The molecule has 0 spiro atoms. The van der Waals surface area contributed by atoms with Gasteiger partial charge in [-0.05, 0) is 23.7 Å². The van der Waals surface area contributed by atoms with Crippen molar-refractivity contribution in [3.05, 3.63) is 0 Å². The molecule has 6 aliphatic rings. The molecular formula is C19H22O8. The minimum atomic E-state index is -0.655. The second-order valence-electron chi connectivity index (χ2n) is 8.56. The molecule has 146 valence electrons. The lowest BCUT2D eigenvalue weighted by atomic mass is 9.02. The summed E-state index contributed by atoms with van der Waals surface area (Å²) < 4.78 is 21.1. The molecule has 0 radical (unpaired) electrons. The maximum absolute atomic E-state index is 12.5. The van der Waals surface area contributed by atoms with Gasteiger partial charge in [0, 0.05) is 25.7 Å². The van der Waals surface area contributed by atoms with Gasteiger partial charge in [0.05, 0.1) is 31.5 Å². The van der Waals surface area contributed by atoms with Crippen LogP contribution in [0.4, 0.5) is 0 Å². The summed E-state index contributed by atoms with van der Waals surface area (Å²) in [5.74, 6) is -2.50. The SMILES string of the molecule is COC(=O)[C@@H]1C2[C@H]3[C@H]4C([C@@H]5[C@H]2C3(COC(C)=O)C45OC(C)=O)[C@@H]1C(=O)OC. The smallest absolute Gasteiger partial charge is 0.309 e. The topological polar surface area (TPSA) is 105 Å². The molecule has 6 aliphatic carbocycles. The Morgan fingerprint density at radius 3 is 1.67 bits per heavy atom. The predicted octanol–water partition coefficient (Wildman–Crippen LogP) is 0.181. The number of hydrogen-bond acceptors (Lipinski definition) is 8. The van der Waals surface area contributed by atoms with E-state index in [1.54, 1.807) is 0 Å². The van der Waals surface area contributed by atoms with Crippen molar-refractivity contribution in [2.24, 2.45) is 52.8 Å². The van der Waals surface area contributed by atoms with Crippen molar-refractivity contribution in [2.45, 2.75) is 19.4 Å². The maximum atomic E-state index is 12.5. The molecule has 0 heterocycles. The second kappa shape index (κ2) is 4.83. The lowest BCUT2D eigenvalue weighted by molar-refractivity contribution is -0.592. The number of esters is 4. The van der Waals surface area contributed by atoms with E-state index in [0.717, 1.165) is 0 Å². The third-order valence-electron chi connectivity index (χ3n) is 8.33. The van der Waals surface area contributed by atoms with E-state index in [2.05, 4.69) is 0 Å². The number of fused-ring (bicyclic) bond motifs is 1. The molecular weight excluding hydrogens is 356 g/mol. The van der Waals surface area contributed by atoms with Gasteiger partial charge in [-0.15, -0.1) is 0 Å². The normalized spacial score (nSPS) is 51.3. The van der Waals surface area contributed by atoms with Crippen LogP contribution in [0.2, 0.25) is 0 Å². The van der Waals surface area contributed by atoms with E-state index in [1.165, 1.54) is 28.1 Å². The van der Waals surface area contributed by atoms with Crippen molar-refractivity contribution < 1.29 is 38.1 Å². The van der Waals surface area contributed by atoms with E-state index >= 15 is 0 Å². The average molecular weight is 378 g/mol. The van der Waals surface area contributed by atoms with Crippen LogP contribution in [0, 0.1) is 52.8 Å². The first-order chi connectivity index (χ1) is 12.8. The maximum Gasteiger partial charge on any atom is 0.309 e. The summed E-state index contributed by atoms with van der Waals surface area (Å²) in [7, 11) is 2.65. The molecule has 6 fully saturated rings. The Balaban J connectivity index is 1.53. The summed E-state index contributed by atoms with van der Waals surface area (Å²) in [6.45, 7) is 2.92. The first kappa shape index (κ1) is 17.0. The monoisotopic (exact) mass is 378 g/mol. The molecule has 0 amide bonds. The summed E-state index contributed by atoms with van der Waals surface area (Å²) in [4.78, 5) is 48.2. The standard InChI is InChI=1S/C19H22O8/c1-6(20)26-5-18-12-10-8(16(22)24-3)9(17(23)25-4)11-14(12)19(18,27-7(2)21)15(11)13(10)18/h8-15H,5H2,1-4H3/t8-,9+,10?,11?,12-,13-,14+,15+,18?,19?/m0/s1. The Labute approximate surface area is 155 Å². The first-order valence-corrected chi connectivity index (χ1v) is 9.28. The van der Waals surface area contributed by atoms with Crippen molar-refractivity contribution in [3.63, 3.8) is 0 Å². The number of rotatable bonds is 5. The Morgan fingerprint density at radius 2 is 1.26 bits per heavy atom. The van der Waals surface area contributed by atoms with Crippen LogP contribution in [-0.2, 0) is 38.1 Å². The third kappa shape index (κ3) is 1.42. The summed E-state index contributed by atoms with van der Waals surface area (Å²) >= 11 is 0. The first-order valence-electron chi connectivity index (χ1n) is 9.28. The molecule has 0 aromatic carbocycles. The zero-order valence-electron chi connectivity index (χ0n) is 15.6. The van der Waals surface area contributed by atoms with Gasteiger partial charge in [0.25, 0.3) is 0 Å². The Morgan fingerprint density at radius 1 is 0.778 bits per heavy atom. The van der Waals surface area contributed by atoms with Gasteiger partial charge in [-0.2, -0.15) is 0 Å². The van der Waals surface area contributed by atoms with Crippen molar-refractivity contribution in [3.8, 4) is 0 Å². The Hall–Kier alpha value is -2.12. The molecule has 27 heavy (non-hydrogen) atoms. The highest BCUT2D eigenvalue weighted by molar-refractivity contribution is 5.86. The number of methoxy groups -OCH3 is 2. The highest BCUT2D eigenvalue weighted by atomic mass is 16.6. The van der Waals surface area contributed by atoms with Gasteiger partial charge in [-0.1, -0.05) is 0 Å². The fraction of sp³-hybridized carbons (Fsp3) is 0.789. The summed E-state index contributed by atoms with van der Waals surface area (Å²) in [5, 5.41) is 0. The van der Waals surface area contributed by atoms with Crippen LogP contribution >= 0.6 is 0 Å². The molecule has 6 rings (SSSR count). The molecule has 0 aliphatic heterocycles. The zero-order valence-corrected chi connectivity index (χ0v) is 15.6. The van der Waals surface area contributed by atoms with Crippen molar-refractivity contribution >= 4 is 23.9 Å². The summed E-state index contributed by atoms with van der Waals surface area (Å²) in [5.41, 5.74) is -1.06. The van der Waals surface area contributed by atoms with E-state index < -0.39 is 34.8 Å². The van der Waals surface area contributed by atoms with Crippen LogP contribution in [0.1, 0.15) is 13.8 Å². The highest BCUT2D eigenvalue weighted by Crippen LogP contribution is 3.00. The molecule has 6 saturated carbocycles. The number of carbonyl (C=O) groups excluding carboxylic acids is 4. The quantitative estimate of drug-likeness (QED) is 0.493. The molecule has 6 atom stereocenters. The molecule has 0 unspecified atom stereocenters. The molecule has 0 N–H and O–H groups in total. The molecule has 8 nitrogen and oxygen atoms in total. The highest BCUT2D eigenvalue weighted by Gasteiger charge is 3.07. The molecule has 0 aromatic heterocycles. The number of carbonyl (C=O) groups is 4. The molecule has 2 bridgehead atoms. The minimum absolute atomic E-state index is 0.0157. The fourth-order valence-corrected chi connectivity index (χ4v) is 8.24. The number of hydrogen-bond donors (Lipinski definition) is 0. The van der Waals surface area contributed by atoms with Crippen LogP contribution in [0.15, 0.2) is 0 Å². The Bertz CT molecular complexity index is 767. The minimum Gasteiger partial charge on any atom is -0.469 e. The Kier molecular flexibility index (Phi) is 3.04. The van der Waals surface area contributed by atoms with Crippen LogP contribution < -0.4 is 0 Å². The van der Waals surface area contributed by atoms with Gasteiger partial charge >= 0.3 is 23.9 Å². The van der Waals surface area contributed by atoms with E-state index in [-0.39, 0.29) is 54.1 Å². The lowest BCUT2D eigenvalue weighted by Crippen LogP contribution is -3.08. The molecule has 8 heteroatoms.